The van der Waals surface area contributed by atoms with Gasteiger partial charge >= 0.3 is 0 Å². The molecule has 46 valence electrons. The summed E-state index contributed by atoms with van der Waals surface area (Å²) in [5, 5.41) is 14.2. The summed E-state index contributed by atoms with van der Waals surface area (Å²) in [7, 11) is 1.70. The number of anilines is 1. The number of hydrogen-bond donors (Lipinski definition) is 1. The first kappa shape index (κ1) is 5.56. The van der Waals surface area contributed by atoms with Crippen molar-refractivity contribution in [3.05, 3.63) is 6.33 Å². The lowest BCUT2D eigenvalue weighted by atomic mass is 10.9. The Morgan fingerprint density at radius 2 is 2.67 bits per heavy atom. The van der Waals surface area contributed by atoms with Gasteiger partial charge in [-0.15, -0.1) is 0 Å². The highest BCUT2D eigenvalue weighted by Crippen LogP contribution is 1.93. The second-order valence-electron chi connectivity index (χ2n) is 1.44. The third-order valence-electron chi connectivity index (χ3n) is 0.879. The first-order valence-electron chi connectivity index (χ1n) is 2.33. The van der Waals surface area contributed by atoms with Crippen LogP contribution in [0.2, 0.25) is 0 Å². The molecule has 0 unspecified atom stereocenters. The largest absolute Gasteiger partial charge is 0.261 e. The summed E-state index contributed by atoms with van der Waals surface area (Å²) in [5.74, 6) is 0.456. The third-order valence-corrected chi connectivity index (χ3v) is 0.879. The van der Waals surface area contributed by atoms with Crippen LogP contribution in [0, 0.1) is 11.5 Å². The van der Waals surface area contributed by atoms with E-state index in [1.807, 2.05) is 0 Å². The number of nitrogens with zero attached hydrogens (tertiary/aromatic N) is 4. The maximum Gasteiger partial charge on any atom is 0.234 e. The van der Waals surface area contributed by atoms with Gasteiger partial charge in [0, 0.05) is 7.05 Å². The highest BCUT2D eigenvalue weighted by Gasteiger charge is 1.94. The van der Waals surface area contributed by atoms with Crippen LogP contribution in [-0.4, -0.2) is 14.8 Å². The Hall–Kier alpha value is -1.57. The summed E-state index contributed by atoms with van der Waals surface area (Å²) in [6.45, 7) is 0. The van der Waals surface area contributed by atoms with Gasteiger partial charge in [-0.05, 0) is 0 Å². The van der Waals surface area contributed by atoms with Crippen molar-refractivity contribution in [2.75, 3.05) is 5.32 Å². The van der Waals surface area contributed by atoms with Crippen LogP contribution in [0.3, 0.4) is 0 Å². The quantitative estimate of drug-likeness (QED) is 0.411. The fourth-order valence-corrected chi connectivity index (χ4v) is 0.459. The van der Waals surface area contributed by atoms with Crippen LogP contribution in [0.1, 0.15) is 0 Å². The molecular weight excluding hydrogens is 118 g/mol. The number of aromatic nitrogens is 3. The summed E-state index contributed by atoms with van der Waals surface area (Å²) in [6.07, 6.45) is 3.11. The highest BCUT2D eigenvalue weighted by atomic mass is 15.4. The van der Waals surface area contributed by atoms with E-state index >= 15 is 0 Å². The lowest BCUT2D eigenvalue weighted by Gasteiger charge is -1.91. The Kier molecular flexibility index (Phi) is 1.32. The van der Waals surface area contributed by atoms with Crippen molar-refractivity contribution in [2.24, 2.45) is 7.05 Å². The Morgan fingerprint density at radius 1 is 1.89 bits per heavy atom. The minimum Gasteiger partial charge on any atom is -0.261 e. The van der Waals surface area contributed by atoms with Crippen molar-refractivity contribution < 1.29 is 0 Å². The van der Waals surface area contributed by atoms with Crippen molar-refractivity contribution in [1.29, 1.82) is 5.26 Å². The topological polar surface area (TPSA) is 66.5 Å². The minimum absolute atomic E-state index is 0.456. The molecule has 0 aliphatic rings. The van der Waals surface area contributed by atoms with Crippen LogP contribution in [-0.2, 0) is 7.05 Å². The summed E-state index contributed by atoms with van der Waals surface area (Å²) in [6, 6.07) is 0. The normalized spacial score (nSPS) is 8.44. The molecule has 1 rings (SSSR count). The zero-order valence-electron chi connectivity index (χ0n) is 4.87. The number of nitriles is 1. The zero-order valence-corrected chi connectivity index (χ0v) is 4.87. The van der Waals surface area contributed by atoms with E-state index in [0.29, 0.717) is 5.95 Å². The molecular formula is C4H5N5. The Balaban J connectivity index is 2.84. The minimum atomic E-state index is 0.456. The molecule has 0 spiro atoms. The second-order valence-corrected chi connectivity index (χ2v) is 1.44. The van der Waals surface area contributed by atoms with Crippen LogP contribution in [0.25, 0.3) is 0 Å². The molecule has 0 atom stereocenters. The smallest absolute Gasteiger partial charge is 0.234 e. The van der Waals surface area contributed by atoms with E-state index in [4.69, 9.17) is 5.26 Å². The average molecular weight is 123 g/mol. The van der Waals surface area contributed by atoms with Crippen molar-refractivity contribution >= 4 is 5.95 Å². The molecule has 1 aromatic rings. The van der Waals surface area contributed by atoms with Crippen LogP contribution >= 0.6 is 0 Å². The molecule has 0 aliphatic carbocycles. The molecule has 1 N–H and O–H groups in total. The number of hydrogen-bond acceptors (Lipinski definition) is 4. The van der Waals surface area contributed by atoms with Gasteiger partial charge in [-0.2, -0.15) is 15.3 Å². The summed E-state index contributed by atoms with van der Waals surface area (Å²) in [4.78, 5) is 3.72. The van der Waals surface area contributed by atoms with Gasteiger partial charge in [-0.25, -0.2) is 4.68 Å². The highest BCUT2D eigenvalue weighted by molar-refractivity contribution is 5.28. The molecule has 0 aromatic carbocycles. The lowest BCUT2D eigenvalue weighted by molar-refractivity contribution is 0.775. The predicted molar refractivity (Wildman–Crippen MR) is 30.2 cm³/mol. The Bertz CT molecular complexity index is 231. The molecule has 0 saturated heterocycles. The molecule has 0 radical (unpaired) electrons. The van der Waals surface area contributed by atoms with Gasteiger partial charge in [0.1, 0.15) is 6.33 Å². The second kappa shape index (κ2) is 2.13. The summed E-state index contributed by atoms with van der Waals surface area (Å²) >= 11 is 0. The maximum atomic E-state index is 8.12. The van der Waals surface area contributed by atoms with Gasteiger partial charge in [-0.1, -0.05) is 0 Å². The lowest BCUT2D eigenvalue weighted by Crippen LogP contribution is -1.98. The fourth-order valence-electron chi connectivity index (χ4n) is 0.459. The molecule has 5 nitrogen and oxygen atoms in total. The van der Waals surface area contributed by atoms with E-state index in [1.165, 1.54) is 11.0 Å². The van der Waals surface area contributed by atoms with E-state index in [9.17, 15) is 0 Å². The molecule has 0 saturated carbocycles. The van der Waals surface area contributed by atoms with Crippen LogP contribution in [0.5, 0.6) is 0 Å². The standard InChI is InChI=1S/C4H5N5/c1-9-4(6-2-5)7-3-8-9/h3H,1H3,(H,6,7,8). The van der Waals surface area contributed by atoms with Crippen molar-refractivity contribution in [2.45, 2.75) is 0 Å². The van der Waals surface area contributed by atoms with Crippen molar-refractivity contribution in [3.63, 3.8) is 0 Å². The van der Waals surface area contributed by atoms with Gasteiger partial charge in [0.2, 0.25) is 5.95 Å². The fraction of sp³-hybridized carbons (Fsp3) is 0.250. The van der Waals surface area contributed by atoms with E-state index in [2.05, 4.69) is 15.4 Å². The maximum absolute atomic E-state index is 8.12. The average Bonchev–Trinajstić information content (AvgIpc) is 2.18. The van der Waals surface area contributed by atoms with Gasteiger partial charge in [0.25, 0.3) is 0 Å². The summed E-state index contributed by atoms with van der Waals surface area (Å²) < 4.78 is 1.48. The van der Waals surface area contributed by atoms with E-state index in [0.717, 1.165) is 0 Å². The molecule has 1 aromatic heterocycles. The molecule has 5 heteroatoms. The first-order valence-corrected chi connectivity index (χ1v) is 2.33. The van der Waals surface area contributed by atoms with Crippen molar-refractivity contribution in [1.82, 2.24) is 14.8 Å². The monoisotopic (exact) mass is 123 g/mol. The molecule has 0 aliphatic heterocycles. The molecule has 1 heterocycles. The SMILES string of the molecule is Cn1ncnc1NC#N. The van der Waals surface area contributed by atoms with Crippen LogP contribution < -0.4 is 5.32 Å². The molecule has 0 amide bonds. The molecule has 0 fully saturated rings. The zero-order chi connectivity index (χ0) is 6.69. The number of aryl methyl sites for hydroxylation is 1. The third kappa shape index (κ3) is 0.966. The van der Waals surface area contributed by atoms with Crippen molar-refractivity contribution in [3.8, 4) is 6.19 Å². The van der Waals surface area contributed by atoms with Crippen LogP contribution in [0.15, 0.2) is 6.33 Å². The Morgan fingerprint density at radius 3 is 3.11 bits per heavy atom. The molecule has 9 heavy (non-hydrogen) atoms. The Labute approximate surface area is 51.9 Å². The van der Waals surface area contributed by atoms with Crippen LogP contribution in [0.4, 0.5) is 5.95 Å². The van der Waals surface area contributed by atoms with Gasteiger partial charge in [0.15, 0.2) is 6.19 Å². The van der Waals surface area contributed by atoms with E-state index in [1.54, 1.807) is 13.2 Å². The van der Waals surface area contributed by atoms with Gasteiger partial charge in [-0.3, -0.25) is 5.32 Å². The van der Waals surface area contributed by atoms with E-state index < -0.39 is 0 Å². The van der Waals surface area contributed by atoms with Gasteiger partial charge < -0.3 is 0 Å². The first-order chi connectivity index (χ1) is 4.34. The number of rotatable bonds is 1. The summed E-state index contributed by atoms with van der Waals surface area (Å²) in [5.41, 5.74) is 0. The molecule has 0 bridgehead atoms. The van der Waals surface area contributed by atoms with E-state index in [-0.39, 0.29) is 0 Å². The predicted octanol–water partition coefficient (Wildman–Crippen LogP) is -0.292. The number of nitrogens with one attached hydrogen (secondary N) is 1. The van der Waals surface area contributed by atoms with Gasteiger partial charge in [0.05, 0.1) is 0 Å².